The highest BCUT2D eigenvalue weighted by molar-refractivity contribution is 9.11. The highest BCUT2D eigenvalue weighted by Crippen LogP contribution is 2.37. The Labute approximate surface area is 97.4 Å². The molecule has 0 nitrogen and oxygen atoms in total. The molecule has 0 aliphatic carbocycles. The van der Waals surface area contributed by atoms with Crippen molar-refractivity contribution in [2.45, 2.75) is 32.6 Å². The van der Waals surface area contributed by atoms with Gasteiger partial charge in [0, 0.05) is 16.2 Å². The van der Waals surface area contributed by atoms with Crippen LogP contribution in [0.2, 0.25) is 0 Å². The zero-order chi connectivity index (χ0) is 10.1. The summed E-state index contributed by atoms with van der Waals surface area (Å²) < 4.78 is 1.24. The second-order valence-corrected chi connectivity index (χ2v) is 6.64. The lowest BCUT2D eigenvalue weighted by molar-refractivity contribution is 0.520. The molecule has 0 aliphatic rings. The lowest BCUT2D eigenvalue weighted by Crippen LogP contribution is -2.15. The number of thiophene rings is 1. The van der Waals surface area contributed by atoms with E-state index in [9.17, 15) is 0 Å². The number of halogens is 2. The molecule has 0 bridgehead atoms. The first-order valence-corrected chi connectivity index (χ1v) is 6.44. The van der Waals surface area contributed by atoms with Gasteiger partial charge in [-0.05, 0) is 40.9 Å². The molecule has 0 atom stereocenters. The van der Waals surface area contributed by atoms with Crippen molar-refractivity contribution in [3.05, 3.63) is 20.3 Å². The van der Waals surface area contributed by atoms with Crippen LogP contribution in [0, 0.1) is 6.92 Å². The summed E-state index contributed by atoms with van der Waals surface area (Å²) in [6.45, 7) is 6.61. The van der Waals surface area contributed by atoms with Gasteiger partial charge in [-0.1, -0.05) is 13.8 Å². The molecule has 0 saturated heterocycles. The molecule has 0 spiro atoms. The van der Waals surface area contributed by atoms with Crippen molar-refractivity contribution in [3.63, 3.8) is 0 Å². The van der Waals surface area contributed by atoms with Crippen LogP contribution in [0.3, 0.4) is 0 Å². The Hall–Kier alpha value is 0.470. The average Bonchev–Trinajstić information content (AvgIpc) is 2.33. The van der Waals surface area contributed by atoms with Crippen LogP contribution in [0.25, 0.3) is 0 Å². The van der Waals surface area contributed by atoms with Gasteiger partial charge in [-0.15, -0.1) is 22.9 Å². The zero-order valence-corrected chi connectivity index (χ0v) is 11.3. The van der Waals surface area contributed by atoms with Gasteiger partial charge in [-0.2, -0.15) is 0 Å². The van der Waals surface area contributed by atoms with Gasteiger partial charge in [0.1, 0.15) is 0 Å². The van der Waals surface area contributed by atoms with E-state index in [0.29, 0.717) is 0 Å². The van der Waals surface area contributed by atoms with E-state index >= 15 is 0 Å². The Morgan fingerprint density at radius 1 is 1.54 bits per heavy atom. The third-order valence-corrected chi connectivity index (χ3v) is 4.94. The van der Waals surface area contributed by atoms with Crippen LogP contribution in [-0.2, 0) is 5.41 Å². The molecular formula is C10H14BrClS. The van der Waals surface area contributed by atoms with E-state index in [0.717, 1.165) is 12.3 Å². The normalized spacial score (nSPS) is 12.1. The first kappa shape index (κ1) is 11.5. The predicted octanol–water partition coefficient (Wildman–Crippen LogP) is 4.73. The molecule has 0 aromatic carbocycles. The molecule has 0 aliphatic heterocycles. The lowest BCUT2D eigenvalue weighted by Gasteiger charge is -2.21. The van der Waals surface area contributed by atoms with Gasteiger partial charge in [0.25, 0.3) is 0 Å². The Morgan fingerprint density at radius 2 is 2.15 bits per heavy atom. The van der Waals surface area contributed by atoms with E-state index in [4.69, 9.17) is 11.6 Å². The molecule has 1 rings (SSSR count). The van der Waals surface area contributed by atoms with Crippen LogP contribution in [0.4, 0.5) is 0 Å². The van der Waals surface area contributed by atoms with E-state index in [1.165, 1.54) is 14.2 Å². The Kier molecular flexibility index (Phi) is 3.84. The average molecular weight is 282 g/mol. The van der Waals surface area contributed by atoms with E-state index in [1.54, 1.807) is 0 Å². The SMILES string of the molecule is Cc1cc(C(C)(C)CCCl)sc1Br. The molecule has 13 heavy (non-hydrogen) atoms. The smallest absolute Gasteiger partial charge is 0.0730 e. The van der Waals surface area contributed by atoms with Gasteiger partial charge in [-0.25, -0.2) is 0 Å². The molecule has 0 amide bonds. The fourth-order valence-corrected chi connectivity index (χ4v) is 3.29. The fourth-order valence-electron chi connectivity index (χ4n) is 1.15. The second-order valence-electron chi connectivity index (χ2n) is 3.89. The van der Waals surface area contributed by atoms with Crippen molar-refractivity contribution < 1.29 is 0 Å². The summed E-state index contributed by atoms with van der Waals surface area (Å²) in [5.74, 6) is 0.724. The third-order valence-electron chi connectivity index (χ3n) is 2.24. The summed E-state index contributed by atoms with van der Waals surface area (Å²) in [5.41, 5.74) is 1.53. The summed E-state index contributed by atoms with van der Waals surface area (Å²) in [4.78, 5) is 1.41. The molecule has 1 aromatic rings. The molecule has 0 saturated carbocycles. The number of hydrogen-bond acceptors (Lipinski definition) is 1. The maximum atomic E-state index is 5.78. The summed E-state index contributed by atoms with van der Waals surface area (Å²) >= 11 is 11.1. The molecule has 1 heterocycles. The molecule has 3 heteroatoms. The van der Waals surface area contributed by atoms with Gasteiger partial charge < -0.3 is 0 Å². The van der Waals surface area contributed by atoms with Crippen molar-refractivity contribution in [1.82, 2.24) is 0 Å². The number of aryl methyl sites for hydroxylation is 1. The van der Waals surface area contributed by atoms with Crippen LogP contribution in [0.5, 0.6) is 0 Å². The van der Waals surface area contributed by atoms with Crippen molar-refractivity contribution in [1.29, 1.82) is 0 Å². The Balaban J connectivity index is 2.93. The monoisotopic (exact) mass is 280 g/mol. The summed E-state index contributed by atoms with van der Waals surface area (Å²) in [5, 5.41) is 0. The Bertz CT molecular complexity index is 272. The number of hydrogen-bond donors (Lipinski definition) is 0. The van der Waals surface area contributed by atoms with E-state index < -0.39 is 0 Å². The first-order chi connectivity index (χ1) is 5.97. The van der Waals surface area contributed by atoms with Crippen molar-refractivity contribution in [3.8, 4) is 0 Å². The van der Waals surface area contributed by atoms with Gasteiger partial charge in [0.15, 0.2) is 0 Å². The number of rotatable bonds is 3. The maximum Gasteiger partial charge on any atom is 0.0730 e. The predicted molar refractivity (Wildman–Crippen MR) is 65.1 cm³/mol. The van der Waals surface area contributed by atoms with E-state index in [1.807, 2.05) is 11.3 Å². The first-order valence-electron chi connectivity index (χ1n) is 4.30. The van der Waals surface area contributed by atoms with Crippen molar-refractivity contribution in [2.24, 2.45) is 0 Å². The maximum absolute atomic E-state index is 5.78. The summed E-state index contributed by atoms with van der Waals surface area (Å²) in [6.07, 6.45) is 1.03. The molecule has 0 unspecified atom stereocenters. The van der Waals surface area contributed by atoms with Gasteiger partial charge in [0.2, 0.25) is 0 Å². The number of alkyl halides is 1. The van der Waals surface area contributed by atoms with Crippen molar-refractivity contribution in [2.75, 3.05) is 5.88 Å². The van der Waals surface area contributed by atoms with E-state index in [2.05, 4.69) is 42.8 Å². The standard InChI is InChI=1S/C10H14BrClS/c1-7-6-8(13-9(7)11)10(2,3)4-5-12/h6H,4-5H2,1-3H3. The van der Waals surface area contributed by atoms with Crippen LogP contribution in [0.15, 0.2) is 9.85 Å². The minimum Gasteiger partial charge on any atom is -0.132 e. The fraction of sp³-hybridized carbons (Fsp3) is 0.600. The molecule has 74 valence electrons. The van der Waals surface area contributed by atoms with Crippen LogP contribution >= 0.6 is 38.9 Å². The lowest BCUT2D eigenvalue weighted by atomic mass is 9.88. The van der Waals surface area contributed by atoms with Gasteiger partial charge in [0.05, 0.1) is 3.79 Å². The molecule has 0 radical (unpaired) electrons. The minimum atomic E-state index is 0.212. The quantitative estimate of drug-likeness (QED) is 0.703. The highest BCUT2D eigenvalue weighted by atomic mass is 79.9. The molecular weight excluding hydrogens is 268 g/mol. The van der Waals surface area contributed by atoms with Crippen LogP contribution < -0.4 is 0 Å². The highest BCUT2D eigenvalue weighted by Gasteiger charge is 2.22. The largest absolute Gasteiger partial charge is 0.132 e. The minimum absolute atomic E-state index is 0.212. The topological polar surface area (TPSA) is 0 Å². The van der Waals surface area contributed by atoms with Crippen LogP contribution in [-0.4, -0.2) is 5.88 Å². The molecule has 0 N–H and O–H groups in total. The molecule has 0 fully saturated rings. The Morgan fingerprint density at radius 3 is 2.54 bits per heavy atom. The van der Waals surface area contributed by atoms with Crippen molar-refractivity contribution >= 4 is 38.9 Å². The summed E-state index contributed by atoms with van der Waals surface area (Å²) in [6, 6.07) is 2.25. The van der Waals surface area contributed by atoms with Crippen LogP contribution in [0.1, 0.15) is 30.7 Å². The second kappa shape index (κ2) is 4.33. The van der Waals surface area contributed by atoms with Gasteiger partial charge >= 0.3 is 0 Å². The molecule has 1 aromatic heterocycles. The third kappa shape index (κ3) is 2.71. The summed E-state index contributed by atoms with van der Waals surface area (Å²) in [7, 11) is 0. The van der Waals surface area contributed by atoms with E-state index in [-0.39, 0.29) is 5.41 Å². The zero-order valence-electron chi connectivity index (χ0n) is 8.16. The van der Waals surface area contributed by atoms with Gasteiger partial charge in [-0.3, -0.25) is 0 Å².